The number of ether oxygens (including phenoxy) is 1. The molecule has 1 aromatic rings. The molecular formula is C10H13N3O3. The predicted molar refractivity (Wildman–Crippen MR) is 57.0 cm³/mol. The van der Waals surface area contributed by atoms with Gasteiger partial charge in [-0.25, -0.2) is 9.78 Å². The van der Waals surface area contributed by atoms with E-state index in [0.29, 0.717) is 5.95 Å². The first kappa shape index (κ1) is 10.7. The van der Waals surface area contributed by atoms with E-state index in [-0.39, 0.29) is 11.4 Å². The standard InChI is InChI=1S/C10H13N3O3/c1-16-8-7(9(14)15)6-11-10(12-8)13-4-2-3-5-13/h6H,2-5H2,1H3,(H,14,15). The maximum atomic E-state index is 10.8. The second-order valence-electron chi connectivity index (χ2n) is 3.59. The van der Waals surface area contributed by atoms with Crippen molar-refractivity contribution in [2.24, 2.45) is 0 Å². The van der Waals surface area contributed by atoms with Gasteiger partial charge in [0, 0.05) is 13.1 Å². The molecule has 0 atom stereocenters. The van der Waals surface area contributed by atoms with Gasteiger partial charge in [0.1, 0.15) is 5.56 Å². The lowest BCUT2D eigenvalue weighted by Gasteiger charge is -2.15. The average molecular weight is 223 g/mol. The summed E-state index contributed by atoms with van der Waals surface area (Å²) in [6, 6.07) is 0. The van der Waals surface area contributed by atoms with Gasteiger partial charge >= 0.3 is 5.97 Å². The van der Waals surface area contributed by atoms with Crippen molar-refractivity contribution in [3.05, 3.63) is 11.8 Å². The zero-order valence-corrected chi connectivity index (χ0v) is 9.01. The van der Waals surface area contributed by atoms with Gasteiger partial charge in [-0.05, 0) is 12.8 Å². The number of aromatic nitrogens is 2. The maximum absolute atomic E-state index is 10.8. The normalized spacial score (nSPS) is 15.2. The number of carbonyl (C=O) groups is 1. The van der Waals surface area contributed by atoms with Gasteiger partial charge in [0.25, 0.3) is 0 Å². The lowest BCUT2D eigenvalue weighted by atomic mass is 10.3. The predicted octanol–water partition coefficient (Wildman–Crippen LogP) is 0.784. The number of methoxy groups -OCH3 is 1. The zero-order valence-electron chi connectivity index (χ0n) is 9.01. The Morgan fingerprint density at radius 3 is 2.75 bits per heavy atom. The highest BCUT2D eigenvalue weighted by Gasteiger charge is 2.19. The summed E-state index contributed by atoms with van der Waals surface area (Å²) in [7, 11) is 1.41. The smallest absolute Gasteiger partial charge is 0.342 e. The van der Waals surface area contributed by atoms with Crippen LogP contribution >= 0.6 is 0 Å². The first-order valence-corrected chi connectivity index (χ1v) is 5.11. The fourth-order valence-corrected chi connectivity index (χ4v) is 1.73. The Kier molecular flexibility index (Phi) is 2.89. The van der Waals surface area contributed by atoms with Crippen LogP contribution in [0.1, 0.15) is 23.2 Å². The number of aromatic carboxylic acids is 1. The van der Waals surface area contributed by atoms with Gasteiger partial charge in [0.05, 0.1) is 13.3 Å². The van der Waals surface area contributed by atoms with E-state index in [4.69, 9.17) is 9.84 Å². The van der Waals surface area contributed by atoms with Gasteiger partial charge in [0.2, 0.25) is 11.8 Å². The molecule has 0 bridgehead atoms. The molecule has 2 heterocycles. The van der Waals surface area contributed by atoms with Crippen molar-refractivity contribution in [3.63, 3.8) is 0 Å². The monoisotopic (exact) mass is 223 g/mol. The van der Waals surface area contributed by atoms with Crippen LogP contribution in [0.2, 0.25) is 0 Å². The minimum Gasteiger partial charge on any atom is -0.480 e. The van der Waals surface area contributed by atoms with Crippen LogP contribution in [0.15, 0.2) is 6.20 Å². The average Bonchev–Trinajstić information content (AvgIpc) is 2.81. The Balaban J connectivity index is 2.32. The highest BCUT2D eigenvalue weighted by Crippen LogP contribution is 2.21. The van der Waals surface area contributed by atoms with Gasteiger partial charge in [-0.2, -0.15) is 4.98 Å². The third-order valence-electron chi connectivity index (χ3n) is 2.55. The molecule has 1 saturated heterocycles. The summed E-state index contributed by atoms with van der Waals surface area (Å²) < 4.78 is 4.95. The fraction of sp³-hybridized carbons (Fsp3) is 0.500. The first-order valence-electron chi connectivity index (χ1n) is 5.11. The van der Waals surface area contributed by atoms with E-state index in [1.807, 2.05) is 4.90 Å². The molecule has 1 aliphatic heterocycles. The molecule has 0 unspecified atom stereocenters. The van der Waals surface area contributed by atoms with Crippen LogP contribution in [0, 0.1) is 0 Å². The largest absolute Gasteiger partial charge is 0.480 e. The Bertz CT molecular complexity index is 402. The van der Waals surface area contributed by atoms with Crippen molar-refractivity contribution in [2.45, 2.75) is 12.8 Å². The molecule has 6 nitrogen and oxygen atoms in total. The Morgan fingerprint density at radius 2 is 2.19 bits per heavy atom. The van der Waals surface area contributed by atoms with Crippen molar-refractivity contribution >= 4 is 11.9 Å². The van der Waals surface area contributed by atoms with Gasteiger partial charge in [-0.3, -0.25) is 0 Å². The van der Waals surface area contributed by atoms with E-state index in [2.05, 4.69) is 9.97 Å². The van der Waals surface area contributed by atoms with E-state index in [0.717, 1.165) is 25.9 Å². The number of anilines is 1. The highest BCUT2D eigenvalue weighted by atomic mass is 16.5. The summed E-state index contributed by atoms with van der Waals surface area (Å²) in [5, 5.41) is 8.88. The van der Waals surface area contributed by atoms with Crippen LogP contribution < -0.4 is 9.64 Å². The topological polar surface area (TPSA) is 75.5 Å². The number of rotatable bonds is 3. The van der Waals surface area contributed by atoms with Crippen LogP contribution in [-0.4, -0.2) is 41.2 Å². The molecule has 1 aromatic heterocycles. The van der Waals surface area contributed by atoms with Crippen molar-refractivity contribution < 1.29 is 14.6 Å². The number of hydrogen-bond donors (Lipinski definition) is 1. The second-order valence-corrected chi connectivity index (χ2v) is 3.59. The minimum atomic E-state index is -1.08. The summed E-state index contributed by atoms with van der Waals surface area (Å²) in [6.07, 6.45) is 3.53. The highest BCUT2D eigenvalue weighted by molar-refractivity contribution is 5.89. The van der Waals surface area contributed by atoms with Crippen LogP contribution in [0.3, 0.4) is 0 Å². The number of carboxylic acids is 1. The lowest BCUT2D eigenvalue weighted by molar-refractivity contribution is 0.0692. The van der Waals surface area contributed by atoms with Gasteiger partial charge in [0.15, 0.2) is 0 Å². The van der Waals surface area contributed by atoms with Gasteiger partial charge in [-0.1, -0.05) is 0 Å². The molecule has 86 valence electrons. The third kappa shape index (κ3) is 1.91. The van der Waals surface area contributed by atoms with Gasteiger partial charge in [-0.15, -0.1) is 0 Å². The summed E-state index contributed by atoms with van der Waals surface area (Å²) in [4.78, 5) is 21.0. The van der Waals surface area contributed by atoms with Crippen LogP contribution in [0.25, 0.3) is 0 Å². The molecule has 2 rings (SSSR count). The molecule has 0 aromatic carbocycles. The Morgan fingerprint density at radius 1 is 1.50 bits per heavy atom. The Labute approximate surface area is 92.9 Å². The lowest BCUT2D eigenvalue weighted by Crippen LogP contribution is -2.21. The quantitative estimate of drug-likeness (QED) is 0.816. The summed E-state index contributed by atoms with van der Waals surface area (Å²) in [5.41, 5.74) is -0.00885. The molecule has 1 fully saturated rings. The maximum Gasteiger partial charge on any atom is 0.342 e. The van der Waals surface area contributed by atoms with Crippen molar-refractivity contribution in [1.82, 2.24) is 9.97 Å². The van der Waals surface area contributed by atoms with E-state index >= 15 is 0 Å². The van der Waals surface area contributed by atoms with E-state index < -0.39 is 5.97 Å². The molecule has 0 aliphatic carbocycles. The molecule has 0 radical (unpaired) electrons. The summed E-state index contributed by atoms with van der Waals surface area (Å²) >= 11 is 0. The minimum absolute atomic E-state index is 0.00885. The Hall–Kier alpha value is -1.85. The molecular weight excluding hydrogens is 210 g/mol. The van der Waals surface area contributed by atoms with E-state index in [1.165, 1.54) is 13.3 Å². The third-order valence-corrected chi connectivity index (χ3v) is 2.55. The van der Waals surface area contributed by atoms with Crippen molar-refractivity contribution in [2.75, 3.05) is 25.1 Å². The van der Waals surface area contributed by atoms with E-state index in [9.17, 15) is 4.79 Å². The van der Waals surface area contributed by atoms with Gasteiger partial charge < -0.3 is 14.7 Å². The molecule has 1 aliphatic rings. The summed E-state index contributed by atoms with van der Waals surface area (Å²) in [5.74, 6) is -0.423. The summed E-state index contributed by atoms with van der Waals surface area (Å²) in [6.45, 7) is 1.82. The van der Waals surface area contributed by atoms with Crippen LogP contribution in [0.4, 0.5) is 5.95 Å². The SMILES string of the molecule is COc1nc(N2CCCC2)ncc1C(=O)O. The first-order chi connectivity index (χ1) is 7.72. The second kappa shape index (κ2) is 4.34. The zero-order chi connectivity index (χ0) is 11.5. The number of nitrogens with zero attached hydrogens (tertiary/aromatic N) is 3. The molecule has 6 heteroatoms. The number of carboxylic acid groups (broad SMARTS) is 1. The molecule has 0 saturated carbocycles. The van der Waals surface area contributed by atoms with Crippen LogP contribution in [-0.2, 0) is 0 Å². The molecule has 16 heavy (non-hydrogen) atoms. The molecule has 0 amide bonds. The fourth-order valence-electron chi connectivity index (χ4n) is 1.73. The molecule has 0 spiro atoms. The van der Waals surface area contributed by atoms with Crippen molar-refractivity contribution in [3.8, 4) is 5.88 Å². The molecule has 1 N–H and O–H groups in total. The van der Waals surface area contributed by atoms with E-state index in [1.54, 1.807) is 0 Å². The van der Waals surface area contributed by atoms with Crippen molar-refractivity contribution in [1.29, 1.82) is 0 Å². The van der Waals surface area contributed by atoms with Crippen LogP contribution in [0.5, 0.6) is 5.88 Å². The number of hydrogen-bond acceptors (Lipinski definition) is 5.